The number of fused-ring (bicyclic) bond motifs is 1. The predicted octanol–water partition coefficient (Wildman–Crippen LogP) is 3.62. The maximum Gasteiger partial charge on any atom is 0.293 e. The van der Waals surface area contributed by atoms with E-state index in [0.717, 1.165) is 43.5 Å². The van der Waals surface area contributed by atoms with Gasteiger partial charge in [0.15, 0.2) is 4.90 Å². The molecule has 11 nitrogen and oxygen atoms in total. The zero-order valence-electron chi connectivity index (χ0n) is 20.8. The van der Waals surface area contributed by atoms with Crippen LogP contribution in [-0.2, 0) is 32.6 Å². The van der Waals surface area contributed by atoms with Crippen LogP contribution in [0.4, 0.5) is 10.5 Å². The zero-order valence-corrected chi connectivity index (χ0v) is 23.2. The van der Waals surface area contributed by atoms with Gasteiger partial charge in [0.1, 0.15) is 6.04 Å². The lowest BCUT2D eigenvalue weighted by Gasteiger charge is -2.35. The minimum absolute atomic E-state index is 0.0486. The third-order valence-electron chi connectivity index (χ3n) is 6.48. The highest BCUT2D eigenvalue weighted by molar-refractivity contribution is 8.18. The minimum Gasteiger partial charge on any atom is -0.353 e. The Morgan fingerprint density at radius 2 is 1.80 bits per heavy atom. The molecule has 1 unspecified atom stereocenters. The number of nitrogens with zero attached hydrogens (tertiary/aromatic N) is 3. The van der Waals surface area contributed by atoms with Crippen molar-refractivity contribution in [3.63, 3.8) is 0 Å². The van der Waals surface area contributed by atoms with Gasteiger partial charge in [-0.15, -0.1) is 11.3 Å². The van der Waals surface area contributed by atoms with Crippen LogP contribution < -0.4 is 5.32 Å². The average Bonchev–Trinajstić information content (AvgIpc) is 3.55. The van der Waals surface area contributed by atoms with Gasteiger partial charge < -0.3 is 5.32 Å². The van der Waals surface area contributed by atoms with Crippen molar-refractivity contribution in [3.05, 3.63) is 97.1 Å². The second-order valence-electron chi connectivity index (χ2n) is 8.90. The van der Waals surface area contributed by atoms with Crippen LogP contribution in [-0.4, -0.2) is 58.7 Å². The Hall–Kier alpha value is -3.85. The van der Waals surface area contributed by atoms with E-state index >= 15 is 0 Å². The number of para-hydroxylation sites is 1. The fraction of sp³-hybridized carbons (Fsp3) is 0.192. The van der Waals surface area contributed by atoms with E-state index in [9.17, 15) is 32.9 Å². The number of carbonyl (C=O) groups excluding carboxylic acids is 3. The Labute approximate surface area is 237 Å². The fourth-order valence-electron chi connectivity index (χ4n) is 4.53. The Morgan fingerprint density at radius 3 is 2.52 bits per heavy atom. The Bertz CT molecular complexity index is 1640. The van der Waals surface area contributed by atoms with Crippen LogP contribution in [0.1, 0.15) is 16.0 Å². The van der Waals surface area contributed by atoms with Crippen molar-refractivity contribution in [3.8, 4) is 0 Å². The minimum atomic E-state index is -4.46. The molecule has 40 heavy (non-hydrogen) atoms. The largest absolute Gasteiger partial charge is 0.353 e. The van der Waals surface area contributed by atoms with Gasteiger partial charge in [0.05, 0.1) is 9.83 Å². The van der Waals surface area contributed by atoms with E-state index in [0.29, 0.717) is 5.56 Å². The van der Waals surface area contributed by atoms with Crippen molar-refractivity contribution in [2.45, 2.75) is 23.9 Å². The normalized spacial score (nSPS) is 18.6. The molecular weight excluding hydrogens is 577 g/mol. The van der Waals surface area contributed by atoms with Crippen molar-refractivity contribution in [1.82, 2.24) is 14.5 Å². The fourth-order valence-corrected chi connectivity index (χ4v) is 7.84. The third-order valence-corrected chi connectivity index (χ3v) is 10.1. The third kappa shape index (κ3) is 5.43. The zero-order chi connectivity index (χ0) is 28.4. The Morgan fingerprint density at radius 1 is 1.07 bits per heavy atom. The summed E-state index contributed by atoms with van der Waals surface area (Å²) in [5.74, 6) is -1.11. The van der Waals surface area contributed by atoms with Crippen molar-refractivity contribution in [2.75, 3.05) is 13.1 Å². The first-order valence-electron chi connectivity index (χ1n) is 12.1. The highest BCUT2D eigenvalue weighted by atomic mass is 32.2. The number of hydrogen-bond acceptors (Lipinski definition) is 9. The number of thiophene rings is 1. The predicted molar refractivity (Wildman–Crippen MR) is 150 cm³/mol. The maximum atomic E-state index is 13.7. The summed E-state index contributed by atoms with van der Waals surface area (Å²) in [6, 6.07) is 14.5. The van der Waals surface area contributed by atoms with Crippen LogP contribution in [0.15, 0.2) is 75.8 Å². The van der Waals surface area contributed by atoms with E-state index in [1.807, 2.05) is 17.5 Å². The smallest absolute Gasteiger partial charge is 0.293 e. The van der Waals surface area contributed by atoms with E-state index < -0.39 is 48.6 Å². The van der Waals surface area contributed by atoms with Gasteiger partial charge in [0.25, 0.3) is 26.9 Å². The number of nitrogens with one attached hydrogen (secondary N) is 1. The van der Waals surface area contributed by atoms with Crippen molar-refractivity contribution >= 4 is 61.9 Å². The lowest BCUT2D eigenvalue weighted by Crippen LogP contribution is -2.53. The summed E-state index contributed by atoms with van der Waals surface area (Å²) < 4.78 is 28.4. The molecule has 1 atom stereocenters. The molecule has 2 aliphatic heterocycles. The molecule has 2 aromatic carbocycles. The SMILES string of the molecule is O=C(NCCN1C(=O)SC(=Cc2cccs2)C1=O)C1Cc2ccccc2CN1S(=O)(=O)c1ccccc1[N+](=O)[O-]. The van der Waals surface area contributed by atoms with Crippen LogP contribution in [0.5, 0.6) is 0 Å². The molecule has 3 heterocycles. The first-order valence-corrected chi connectivity index (χ1v) is 15.2. The number of sulfonamides is 1. The molecule has 2 aliphatic rings. The molecule has 1 fully saturated rings. The molecule has 206 valence electrons. The summed E-state index contributed by atoms with van der Waals surface area (Å²) in [6.07, 6.45) is 1.69. The number of imide groups is 1. The quantitative estimate of drug-likeness (QED) is 0.235. The topological polar surface area (TPSA) is 147 Å². The number of nitro benzene ring substituents is 1. The summed E-state index contributed by atoms with van der Waals surface area (Å²) in [4.78, 5) is 51.0. The summed E-state index contributed by atoms with van der Waals surface area (Å²) in [5.41, 5.74) is 0.876. The summed E-state index contributed by atoms with van der Waals surface area (Å²) in [7, 11) is -4.46. The summed E-state index contributed by atoms with van der Waals surface area (Å²) >= 11 is 2.24. The number of benzene rings is 2. The van der Waals surface area contributed by atoms with Gasteiger partial charge in [-0.05, 0) is 52.9 Å². The van der Waals surface area contributed by atoms with Gasteiger partial charge in [-0.1, -0.05) is 42.5 Å². The average molecular weight is 599 g/mol. The molecule has 5 rings (SSSR count). The van der Waals surface area contributed by atoms with E-state index in [2.05, 4.69) is 5.32 Å². The van der Waals surface area contributed by atoms with E-state index in [1.165, 1.54) is 23.5 Å². The summed E-state index contributed by atoms with van der Waals surface area (Å²) in [5, 5.41) is 15.6. The van der Waals surface area contributed by atoms with Crippen molar-refractivity contribution in [2.24, 2.45) is 0 Å². The monoisotopic (exact) mass is 598 g/mol. The second-order valence-corrected chi connectivity index (χ2v) is 12.7. The lowest BCUT2D eigenvalue weighted by atomic mass is 9.95. The van der Waals surface area contributed by atoms with E-state index in [4.69, 9.17) is 0 Å². The molecule has 0 spiro atoms. The highest BCUT2D eigenvalue weighted by Gasteiger charge is 2.42. The van der Waals surface area contributed by atoms with Crippen LogP contribution in [0.2, 0.25) is 0 Å². The molecule has 0 aliphatic carbocycles. The number of nitro groups is 1. The Balaban J connectivity index is 1.34. The van der Waals surface area contributed by atoms with Gasteiger partial charge in [-0.2, -0.15) is 4.31 Å². The molecule has 1 saturated heterocycles. The van der Waals surface area contributed by atoms with Gasteiger partial charge in [0, 0.05) is 30.6 Å². The van der Waals surface area contributed by atoms with Gasteiger partial charge in [-0.25, -0.2) is 8.42 Å². The molecular formula is C26H22N4O7S3. The van der Waals surface area contributed by atoms with Gasteiger partial charge in [-0.3, -0.25) is 29.4 Å². The molecule has 3 amide bonds. The molecule has 3 aromatic rings. The molecule has 0 bridgehead atoms. The van der Waals surface area contributed by atoms with Crippen LogP contribution in [0.3, 0.4) is 0 Å². The lowest BCUT2D eigenvalue weighted by molar-refractivity contribution is -0.387. The van der Waals surface area contributed by atoms with Crippen LogP contribution in [0.25, 0.3) is 6.08 Å². The van der Waals surface area contributed by atoms with E-state index in [1.54, 1.807) is 30.3 Å². The highest BCUT2D eigenvalue weighted by Crippen LogP contribution is 2.34. The Kier molecular flexibility index (Phi) is 7.85. The molecule has 0 radical (unpaired) electrons. The second kappa shape index (κ2) is 11.3. The first-order chi connectivity index (χ1) is 19.2. The molecule has 0 saturated carbocycles. The molecule has 1 aromatic heterocycles. The van der Waals surface area contributed by atoms with Gasteiger partial charge >= 0.3 is 0 Å². The standard InChI is InChI=1S/C26H22N4O7S3/c31-24(27-11-12-28-25(32)22(39-26(28)33)15-19-8-5-13-38-19)21-14-17-6-1-2-7-18(17)16-29(21)40(36,37)23-10-4-3-9-20(23)30(34)35/h1-10,13,15,21H,11-12,14,16H2,(H,27,31). The number of amides is 3. The number of hydrogen-bond donors (Lipinski definition) is 1. The van der Waals surface area contributed by atoms with Crippen molar-refractivity contribution in [1.29, 1.82) is 0 Å². The van der Waals surface area contributed by atoms with Crippen LogP contribution in [0, 0.1) is 10.1 Å². The van der Waals surface area contributed by atoms with Gasteiger partial charge in [0.2, 0.25) is 5.91 Å². The van der Waals surface area contributed by atoms with Crippen LogP contribution >= 0.6 is 23.1 Å². The molecule has 1 N–H and O–H groups in total. The van der Waals surface area contributed by atoms with Crippen molar-refractivity contribution < 1.29 is 27.7 Å². The van der Waals surface area contributed by atoms with E-state index in [-0.39, 0.29) is 31.0 Å². The number of thioether (sulfide) groups is 1. The maximum absolute atomic E-state index is 13.7. The summed E-state index contributed by atoms with van der Waals surface area (Å²) in [6.45, 7) is -0.349. The number of carbonyl (C=O) groups is 3. The first kappa shape index (κ1) is 27.7. The number of rotatable bonds is 8. The molecule has 14 heteroatoms.